The number of carbonyl (C=O) groups is 1. The summed E-state index contributed by atoms with van der Waals surface area (Å²) in [6.45, 7) is 9.77. The fraction of sp³-hybridized carbons (Fsp3) is 0.292. The second-order valence-electron chi connectivity index (χ2n) is 6.43. The van der Waals surface area contributed by atoms with Crippen LogP contribution in [0.25, 0.3) is 11.1 Å². The Bertz CT molecular complexity index is 841. The first-order valence-corrected chi connectivity index (χ1v) is 9.47. The van der Waals surface area contributed by atoms with Gasteiger partial charge in [0.2, 0.25) is 0 Å². The minimum absolute atomic E-state index is 0.138. The summed E-state index contributed by atoms with van der Waals surface area (Å²) in [6, 6.07) is 12.1. The van der Waals surface area contributed by atoms with E-state index >= 15 is 0 Å². The number of esters is 1. The third-order valence-corrected chi connectivity index (χ3v) is 4.28. The fourth-order valence-electron chi connectivity index (χ4n) is 2.81. The van der Waals surface area contributed by atoms with Gasteiger partial charge in [0.05, 0.1) is 0 Å². The molecule has 0 amide bonds. The molecule has 2 aromatic carbocycles. The van der Waals surface area contributed by atoms with Crippen molar-refractivity contribution in [3.05, 3.63) is 72.8 Å². The largest absolute Gasteiger partial charge is 0.490 e. The number of hydrogen-bond acceptors (Lipinski definition) is 5. The van der Waals surface area contributed by atoms with Gasteiger partial charge in [-0.05, 0) is 54.2 Å². The number of rotatable bonds is 12. The lowest BCUT2D eigenvalue weighted by molar-refractivity contribution is -0.138. The van der Waals surface area contributed by atoms with Crippen LogP contribution < -0.4 is 9.47 Å². The minimum atomic E-state index is -0.474. The second-order valence-corrected chi connectivity index (χ2v) is 6.43. The Morgan fingerprint density at radius 1 is 1.00 bits per heavy atom. The lowest BCUT2D eigenvalue weighted by Crippen LogP contribution is -2.10. The van der Waals surface area contributed by atoms with Gasteiger partial charge in [0.15, 0.2) is 6.79 Å². The van der Waals surface area contributed by atoms with Crippen LogP contribution >= 0.6 is 0 Å². The van der Waals surface area contributed by atoms with Gasteiger partial charge in [-0.2, -0.15) is 0 Å². The highest BCUT2D eigenvalue weighted by molar-refractivity contribution is 5.81. The van der Waals surface area contributed by atoms with Gasteiger partial charge in [-0.3, -0.25) is 0 Å². The van der Waals surface area contributed by atoms with E-state index < -0.39 is 5.97 Å². The fourth-order valence-corrected chi connectivity index (χ4v) is 2.81. The highest BCUT2D eigenvalue weighted by atomic mass is 16.7. The lowest BCUT2D eigenvalue weighted by atomic mass is 9.97. The van der Waals surface area contributed by atoms with Crippen molar-refractivity contribution in [3.63, 3.8) is 0 Å². The number of aryl methyl sites for hydroxylation is 2. The van der Waals surface area contributed by atoms with Gasteiger partial charge in [-0.25, -0.2) is 4.79 Å². The van der Waals surface area contributed by atoms with Crippen molar-refractivity contribution in [2.45, 2.75) is 19.8 Å². The van der Waals surface area contributed by atoms with Crippen LogP contribution in [0, 0.1) is 6.92 Å². The smallest absolute Gasteiger partial charge is 0.330 e. The first kappa shape index (κ1) is 22.2. The summed E-state index contributed by atoms with van der Waals surface area (Å²) in [6.07, 6.45) is 4.98. The van der Waals surface area contributed by atoms with Crippen LogP contribution in [0.3, 0.4) is 0 Å². The Hall–Kier alpha value is -3.05. The Labute approximate surface area is 172 Å². The molecule has 0 N–H and O–H groups in total. The van der Waals surface area contributed by atoms with Crippen molar-refractivity contribution >= 4 is 5.97 Å². The summed E-state index contributed by atoms with van der Waals surface area (Å²) >= 11 is 0. The van der Waals surface area contributed by atoms with Gasteiger partial charge >= 0.3 is 5.97 Å². The first-order valence-electron chi connectivity index (χ1n) is 9.47. The standard InChI is InChI=1S/C24H28O5/c1-5-7-8-19-9-10-20(13-18(19)3)21-14-22(16-23(15-21)29-17-26-4)27-11-12-28-24(25)6-2/h5-6,9-10,13-16H,1-2,7-8,11-12,17H2,3-4H3. The molecule has 0 aliphatic heterocycles. The maximum atomic E-state index is 11.1. The van der Waals surface area contributed by atoms with Crippen LogP contribution in [0.2, 0.25) is 0 Å². The molecule has 0 unspecified atom stereocenters. The molecule has 0 aliphatic carbocycles. The molecule has 0 aromatic heterocycles. The molecule has 0 aliphatic rings. The van der Waals surface area contributed by atoms with Crippen molar-refractivity contribution in [1.29, 1.82) is 0 Å². The predicted octanol–water partition coefficient (Wildman–Crippen LogP) is 4.87. The van der Waals surface area contributed by atoms with Crippen molar-refractivity contribution in [2.24, 2.45) is 0 Å². The molecular weight excluding hydrogens is 368 g/mol. The van der Waals surface area contributed by atoms with Gasteiger partial charge in [0.1, 0.15) is 24.7 Å². The molecule has 5 nitrogen and oxygen atoms in total. The SMILES string of the molecule is C=CCCc1ccc(-c2cc(OCCOC(=O)C=C)cc(OCOC)c2)cc1C. The van der Waals surface area contributed by atoms with E-state index in [0.717, 1.165) is 30.0 Å². The molecule has 0 heterocycles. The van der Waals surface area contributed by atoms with Crippen LogP contribution in [0.15, 0.2) is 61.7 Å². The summed E-state index contributed by atoms with van der Waals surface area (Å²) in [5.74, 6) is 0.783. The van der Waals surface area contributed by atoms with Crippen molar-refractivity contribution in [1.82, 2.24) is 0 Å². The zero-order valence-corrected chi connectivity index (χ0v) is 17.1. The molecular formula is C24H28O5. The third-order valence-electron chi connectivity index (χ3n) is 4.28. The quantitative estimate of drug-likeness (QED) is 0.168. The first-order chi connectivity index (χ1) is 14.1. The van der Waals surface area contributed by atoms with Gasteiger partial charge in [-0.15, -0.1) is 6.58 Å². The molecule has 154 valence electrons. The van der Waals surface area contributed by atoms with E-state index in [4.69, 9.17) is 18.9 Å². The number of carbonyl (C=O) groups excluding carboxylic acids is 1. The van der Waals surface area contributed by atoms with Crippen molar-refractivity contribution in [3.8, 4) is 22.6 Å². The Balaban J connectivity index is 2.20. The highest BCUT2D eigenvalue weighted by Gasteiger charge is 2.08. The Kier molecular flexibility index (Phi) is 8.99. The minimum Gasteiger partial charge on any atom is -0.490 e. The third kappa shape index (κ3) is 7.12. The zero-order valence-electron chi connectivity index (χ0n) is 17.1. The average molecular weight is 396 g/mol. The monoisotopic (exact) mass is 396 g/mol. The van der Waals surface area contributed by atoms with E-state index in [9.17, 15) is 4.79 Å². The summed E-state index contributed by atoms with van der Waals surface area (Å²) in [5.41, 5.74) is 4.57. The van der Waals surface area contributed by atoms with E-state index in [-0.39, 0.29) is 20.0 Å². The van der Waals surface area contributed by atoms with Crippen LogP contribution in [-0.2, 0) is 20.7 Å². The van der Waals surface area contributed by atoms with E-state index in [0.29, 0.717) is 11.5 Å². The average Bonchev–Trinajstić information content (AvgIpc) is 2.74. The normalized spacial score (nSPS) is 10.3. The van der Waals surface area contributed by atoms with Gasteiger partial charge in [0.25, 0.3) is 0 Å². The molecule has 0 atom stereocenters. The van der Waals surface area contributed by atoms with Gasteiger partial charge < -0.3 is 18.9 Å². The number of methoxy groups -OCH3 is 1. The van der Waals surface area contributed by atoms with Crippen LogP contribution in [0.5, 0.6) is 11.5 Å². The van der Waals surface area contributed by atoms with E-state index in [1.54, 1.807) is 13.2 Å². The second kappa shape index (κ2) is 11.7. The molecule has 2 rings (SSSR count). The summed E-state index contributed by atoms with van der Waals surface area (Å²) in [7, 11) is 1.57. The lowest BCUT2D eigenvalue weighted by Gasteiger charge is -2.13. The highest BCUT2D eigenvalue weighted by Crippen LogP contribution is 2.31. The molecule has 0 radical (unpaired) electrons. The molecule has 0 saturated carbocycles. The maximum absolute atomic E-state index is 11.1. The summed E-state index contributed by atoms with van der Waals surface area (Å²) < 4.78 is 21.3. The molecule has 0 fully saturated rings. The predicted molar refractivity (Wildman–Crippen MR) is 114 cm³/mol. The van der Waals surface area contributed by atoms with Crippen LogP contribution in [0.4, 0.5) is 0 Å². The van der Waals surface area contributed by atoms with Crippen molar-refractivity contribution < 1.29 is 23.7 Å². The molecule has 2 aromatic rings. The molecule has 5 heteroatoms. The Morgan fingerprint density at radius 3 is 2.41 bits per heavy atom. The zero-order chi connectivity index (χ0) is 21.1. The van der Waals surface area contributed by atoms with Gasteiger partial charge in [-0.1, -0.05) is 30.9 Å². The van der Waals surface area contributed by atoms with E-state index in [1.807, 2.05) is 18.2 Å². The topological polar surface area (TPSA) is 54.0 Å². The molecule has 0 spiro atoms. The Morgan fingerprint density at radius 2 is 1.76 bits per heavy atom. The number of allylic oxidation sites excluding steroid dienone is 1. The van der Waals surface area contributed by atoms with Crippen LogP contribution in [-0.4, -0.2) is 33.1 Å². The number of hydrogen-bond donors (Lipinski definition) is 0. The van der Waals surface area contributed by atoms with Crippen LogP contribution in [0.1, 0.15) is 17.5 Å². The maximum Gasteiger partial charge on any atom is 0.330 e. The van der Waals surface area contributed by atoms with Crippen molar-refractivity contribution in [2.75, 3.05) is 27.1 Å². The number of benzene rings is 2. The van der Waals surface area contributed by atoms with E-state index in [1.165, 1.54) is 11.1 Å². The molecule has 0 saturated heterocycles. The molecule has 0 bridgehead atoms. The molecule has 29 heavy (non-hydrogen) atoms. The summed E-state index contributed by atoms with van der Waals surface area (Å²) in [5, 5.41) is 0. The van der Waals surface area contributed by atoms with Gasteiger partial charge in [0, 0.05) is 19.3 Å². The summed E-state index contributed by atoms with van der Waals surface area (Å²) in [4.78, 5) is 11.1. The van der Waals surface area contributed by atoms with E-state index in [2.05, 4.69) is 38.3 Å². The number of ether oxygens (including phenoxy) is 4.